The van der Waals surface area contributed by atoms with Crippen LogP contribution in [0.15, 0.2) is 24.3 Å². The van der Waals surface area contributed by atoms with E-state index in [1.807, 2.05) is 26.8 Å². The summed E-state index contributed by atoms with van der Waals surface area (Å²) in [5, 5.41) is 0. The second kappa shape index (κ2) is 8.12. The molecule has 0 saturated heterocycles. The van der Waals surface area contributed by atoms with E-state index in [1.54, 1.807) is 11.0 Å². The van der Waals surface area contributed by atoms with Crippen LogP contribution in [0.5, 0.6) is 0 Å². The first kappa shape index (κ1) is 17.9. The number of rotatable bonds is 5. The van der Waals surface area contributed by atoms with Crippen LogP contribution >= 0.6 is 12.4 Å². The molecule has 0 aromatic heterocycles. The van der Waals surface area contributed by atoms with Gasteiger partial charge in [0.15, 0.2) is 0 Å². The maximum Gasteiger partial charge on any atom is 0.227 e. The molecule has 0 aliphatic heterocycles. The number of carbonyl (C=O) groups excluding carboxylic acids is 1. The zero-order valence-electron chi connectivity index (χ0n) is 11.6. The van der Waals surface area contributed by atoms with Gasteiger partial charge in [-0.05, 0) is 31.5 Å². The van der Waals surface area contributed by atoms with Crippen LogP contribution in [-0.2, 0) is 11.3 Å². The van der Waals surface area contributed by atoms with E-state index >= 15 is 0 Å². The van der Waals surface area contributed by atoms with E-state index in [2.05, 4.69) is 0 Å². The van der Waals surface area contributed by atoms with Crippen molar-refractivity contribution in [1.82, 2.24) is 4.90 Å². The average Bonchev–Trinajstić information content (AvgIpc) is 2.34. The predicted molar refractivity (Wildman–Crippen MR) is 77.6 cm³/mol. The highest BCUT2D eigenvalue weighted by Crippen LogP contribution is 2.11. The average molecular weight is 289 g/mol. The third-order valence-corrected chi connectivity index (χ3v) is 3.13. The number of halogens is 2. The van der Waals surface area contributed by atoms with Gasteiger partial charge in [-0.25, -0.2) is 4.39 Å². The van der Waals surface area contributed by atoms with Crippen LogP contribution in [0.3, 0.4) is 0 Å². The summed E-state index contributed by atoms with van der Waals surface area (Å²) in [5.74, 6) is -0.494. The lowest BCUT2D eigenvalue weighted by atomic mass is 10.0. The molecule has 2 N–H and O–H groups in total. The van der Waals surface area contributed by atoms with Crippen molar-refractivity contribution < 1.29 is 9.18 Å². The molecule has 0 bridgehead atoms. The van der Waals surface area contributed by atoms with Gasteiger partial charge >= 0.3 is 0 Å². The summed E-state index contributed by atoms with van der Waals surface area (Å²) in [7, 11) is 0. The molecule has 0 fully saturated rings. The summed E-state index contributed by atoms with van der Waals surface area (Å²) in [6.07, 6.45) is 0. The van der Waals surface area contributed by atoms with Crippen LogP contribution in [0.25, 0.3) is 0 Å². The van der Waals surface area contributed by atoms with E-state index in [9.17, 15) is 9.18 Å². The van der Waals surface area contributed by atoms with E-state index in [1.165, 1.54) is 12.1 Å². The SMILES string of the molecule is CCN(Cc1cccc(F)c1)C(=O)C(C)C(C)N.Cl. The molecule has 1 aromatic rings. The Balaban J connectivity index is 0.00000324. The summed E-state index contributed by atoms with van der Waals surface area (Å²) in [6, 6.07) is 6.13. The smallest absolute Gasteiger partial charge is 0.227 e. The van der Waals surface area contributed by atoms with Crippen LogP contribution in [0.1, 0.15) is 26.3 Å². The summed E-state index contributed by atoms with van der Waals surface area (Å²) >= 11 is 0. The molecular formula is C14H22ClFN2O. The molecule has 108 valence electrons. The highest BCUT2D eigenvalue weighted by atomic mass is 35.5. The molecule has 0 heterocycles. The van der Waals surface area contributed by atoms with Crippen molar-refractivity contribution in [2.45, 2.75) is 33.4 Å². The van der Waals surface area contributed by atoms with Crippen molar-refractivity contribution in [3.05, 3.63) is 35.6 Å². The molecule has 0 saturated carbocycles. The minimum absolute atomic E-state index is 0. The van der Waals surface area contributed by atoms with Gasteiger partial charge in [0.05, 0.1) is 5.92 Å². The molecule has 0 radical (unpaired) electrons. The summed E-state index contributed by atoms with van der Waals surface area (Å²) in [4.78, 5) is 13.9. The third-order valence-electron chi connectivity index (χ3n) is 3.13. The summed E-state index contributed by atoms with van der Waals surface area (Å²) in [6.45, 7) is 6.56. The molecule has 1 amide bonds. The molecule has 3 nitrogen and oxygen atoms in total. The van der Waals surface area contributed by atoms with E-state index in [0.29, 0.717) is 13.1 Å². The normalized spacial score (nSPS) is 13.3. The Morgan fingerprint density at radius 2 is 2.05 bits per heavy atom. The van der Waals surface area contributed by atoms with Gasteiger partial charge in [0.1, 0.15) is 5.82 Å². The fourth-order valence-electron chi connectivity index (χ4n) is 1.71. The van der Waals surface area contributed by atoms with Gasteiger partial charge in [-0.3, -0.25) is 4.79 Å². The maximum atomic E-state index is 13.1. The van der Waals surface area contributed by atoms with Crippen molar-refractivity contribution >= 4 is 18.3 Å². The van der Waals surface area contributed by atoms with Crippen LogP contribution < -0.4 is 5.73 Å². The van der Waals surface area contributed by atoms with Gasteiger partial charge in [-0.2, -0.15) is 0 Å². The Bertz CT molecular complexity index is 412. The zero-order valence-corrected chi connectivity index (χ0v) is 12.4. The second-order valence-corrected chi connectivity index (χ2v) is 4.63. The molecule has 1 rings (SSSR count). The number of carbonyl (C=O) groups is 1. The van der Waals surface area contributed by atoms with Crippen LogP contribution in [0, 0.1) is 11.7 Å². The first-order valence-electron chi connectivity index (χ1n) is 6.24. The Kier molecular flexibility index (Phi) is 7.64. The van der Waals surface area contributed by atoms with Crippen molar-refractivity contribution in [3.63, 3.8) is 0 Å². The molecular weight excluding hydrogens is 267 g/mol. The second-order valence-electron chi connectivity index (χ2n) is 4.63. The Labute approximate surface area is 120 Å². The molecule has 1 aromatic carbocycles. The summed E-state index contributed by atoms with van der Waals surface area (Å²) in [5.41, 5.74) is 6.53. The van der Waals surface area contributed by atoms with E-state index in [4.69, 9.17) is 5.73 Å². The number of nitrogens with zero attached hydrogens (tertiary/aromatic N) is 1. The van der Waals surface area contributed by atoms with Gasteiger partial charge in [0, 0.05) is 19.1 Å². The standard InChI is InChI=1S/C14H21FN2O.ClH/c1-4-17(14(18)10(2)11(3)16)9-12-6-5-7-13(15)8-12;/h5-8,10-11H,4,9,16H2,1-3H3;1H. The number of amides is 1. The lowest BCUT2D eigenvalue weighted by molar-refractivity contribution is -0.135. The first-order valence-corrected chi connectivity index (χ1v) is 6.24. The molecule has 0 spiro atoms. The molecule has 2 unspecified atom stereocenters. The number of benzene rings is 1. The fourth-order valence-corrected chi connectivity index (χ4v) is 1.71. The lowest BCUT2D eigenvalue weighted by Gasteiger charge is -2.26. The van der Waals surface area contributed by atoms with E-state index in [0.717, 1.165) is 5.56 Å². The maximum absolute atomic E-state index is 13.1. The quantitative estimate of drug-likeness (QED) is 0.905. The molecule has 0 aliphatic carbocycles. The third kappa shape index (κ3) is 5.17. The molecule has 0 aliphatic rings. The molecule has 19 heavy (non-hydrogen) atoms. The van der Waals surface area contributed by atoms with Crippen LogP contribution in [-0.4, -0.2) is 23.4 Å². The van der Waals surface area contributed by atoms with E-state index < -0.39 is 0 Å². The summed E-state index contributed by atoms with van der Waals surface area (Å²) < 4.78 is 13.1. The van der Waals surface area contributed by atoms with Crippen LogP contribution in [0.2, 0.25) is 0 Å². The zero-order chi connectivity index (χ0) is 13.7. The van der Waals surface area contributed by atoms with Gasteiger partial charge in [0.2, 0.25) is 5.91 Å². The Hall–Kier alpha value is -1.13. The molecule has 2 atom stereocenters. The van der Waals surface area contributed by atoms with Crippen molar-refractivity contribution in [3.8, 4) is 0 Å². The Morgan fingerprint density at radius 1 is 1.42 bits per heavy atom. The minimum atomic E-state index is -0.281. The highest BCUT2D eigenvalue weighted by molar-refractivity contribution is 5.85. The minimum Gasteiger partial charge on any atom is -0.338 e. The lowest BCUT2D eigenvalue weighted by Crippen LogP contribution is -2.41. The predicted octanol–water partition coefficient (Wildman–Crippen LogP) is 2.58. The number of hydrogen-bond acceptors (Lipinski definition) is 2. The van der Waals surface area contributed by atoms with Crippen molar-refractivity contribution in [2.75, 3.05) is 6.54 Å². The van der Waals surface area contributed by atoms with E-state index in [-0.39, 0.29) is 36.1 Å². The fraction of sp³-hybridized carbons (Fsp3) is 0.500. The van der Waals surface area contributed by atoms with Crippen LogP contribution in [0.4, 0.5) is 4.39 Å². The topological polar surface area (TPSA) is 46.3 Å². The largest absolute Gasteiger partial charge is 0.338 e. The van der Waals surface area contributed by atoms with Crippen molar-refractivity contribution in [2.24, 2.45) is 11.7 Å². The number of nitrogens with two attached hydrogens (primary N) is 1. The van der Waals surface area contributed by atoms with Gasteiger partial charge in [-0.15, -0.1) is 12.4 Å². The van der Waals surface area contributed by atoms with Gasteiger partial charge < -0.3 is 10.6 Å². The monoisotopic (exact) mass is 288 g/mol. The number of hydrogen-bond donors (Lipinski definition) is 1. The highest BCUT2D eigenvalue weighted by Gasteiger charge is 2.22. The van der Waals surface area contributed by atoms with Gasteiger partial charge in [-0.1, -0.05) is 19.1 Å². The Morgan fingerprint density at radius 3 is 2.53 bits per heavy atom. The first-order chi connectivity index (χ1) is 8.45. The van der Waals surface area contributed by atoms with Crippen molar-refractivity contribution in [1.29, 1.82) is 0 Å². The molecule has 5 heteroatoms. The van der Waals surface area contributed by atoms with Gasteiger partial charge in [0.25, 0.3) is 0 Å².